The Labute approximate surface area is 159 Å². The van der Waals surface area contributed by atoms with E-state index in [-0.39, 0.29) is 17.7 Å². The van der Waals surface area contributed by atoms with Gasteiger partial charge in [-0.2, -0.15) is 0 Å². The van der Waals surface area contributed by atoms with Crippen LogP contribution in [0, 0.1) is 11.6 Å². The lowest BCUT2D eigenvalue weighted by molar-refractivity contribution is 0.160. The van der Waals surface area contributed by atoms with Crippen LogP contribution in [-0.2, 0) is 0 Å². The third-order valence-electron chi connectivity index (χ3n) is 4.17. The summed E-state index contributed by atoms with van der Waals surface area (Å²) in [6, 6.07) is 19.5. The minimum atomic E-state index is -0.766. The van der Waals surface area contributed by atoms with Gasteiger partial charge in [0.1, 0.15) is 11.6 Å². The molecular formula is C21H18BrF2NO. The highest BCUT2D eigenvalue weighted by Gasteiger charge is 2.18. The summed E-state index contributed by atoms with van der Waals surface area (Å²) in [6.45, 7) is 0. The number of hydrogen-bond donors (Lipinski definition) is 2. The normalized spacial score (nSPS) is 13.2. The van der Waals surface area contributed by atoms with Gasteiger partial charge in [-0.05, 0) is 59.7 Å². The number of halogens is 3. The molecule has 134 valence electrons. The van der Waals surface area contributed by atoms with Gasteiger partial charge >= 0.3 is 0 Å². The number of anilines is 1. The van der Waals surface area contributed by atoms with Crippen molar-refractivity contribution >= 4 is 21.6 Å². The zero-order valence-corrected chi connectivity index (χ0v) is 15.5. The smallest absolute Gasteiger partial charge is 0.123 e. The quantitative estimate of drug-likeness (QED) is 0.514. The van der Waals surface area contributed by atoms with E-state index in [1.807, 2.05) is 24.3 Å². The van der Waals surface area contributed by atoms with E-state index >= 15 is 0 Å². The van der Waals surface area contributed by atoms with Gasteiger partial charge in [-0.3, -0.25) is 0 Å². The van der Waals surface area contributed by atoms with Crippen LogP contribution < -0.4 is 5.32 Å². The fourth-order valence-corrected chi connectivity index (χ4v) is 3.03. The van der Waals surface area contributed by atoms with Crippen molar-refractivity contribution in [1.29, 1.82) is 0 Å². The molecule has 0 aliphatic rings. The lowest BCUT2D eigenvalue weighted by Gasteiger charge is -2.24. The van der Waals surface area contributed by atoms with Crippen LogP contribution >= 0.6 is 15.9 Å². The minimum Gasteiger partial charge on any atom is -0.388 e. The monoisotopic (exact) mass is 417 g/mol. The highest BCUT2D eigenvalue weighted by atomic mass is 79.9. The maximum atomic E-state index is 13.2. The van der Waals surface area contributed by atoms with Gasteiger partial charge in [0.25, 0.3) is 0 Å². The van der Waals surface area contributed by atoms with E-state index in [1.54, 1.807) is 24.3 Å². The molecule has 0 aliphatic heterocycles. The summed E-state index contributed by atoms with van der Waals surface area (Å²) >= 11 is 3.42. The van der Waals surface area contributed by atoms with Crippen LogP contribution in [0.3, 0.4) is 0 Å². The van der Waals surface area contributed by atoms with Crippen molar-refractivity contribution in [3.05, 3.63) is 100 Å². The van der Waals surface area contributed by atoms with Crippen LogP contribution in [0.15, 0.2) is 77.3 Å². The Morgan fingerprint density at radius 2 is 1.27 bits per heavy atom. The average Bonchev–Trinajstić information content (AvgIpc) is 2.64. The Balaban J connectivity index is 1.83. The molecule has 3 rings (SSSR count). The van der Waals surface area contributed by atoms with Gasteiger partial charge in [0, 0.05) is 16.6 Å². The van der Waals surface area contributed by atoms with Gasteiger partial charge in [0.05, 0.1) is 12.1 Å². The minimum absolute atomic E-state index is 0.200. The maximum Gasteiger partial charge on any atom is 0.123 e. The molecule has 0 radical (unpaired) electrons. The third-order valence-corrected chi connectivity index (χ3v) is 4.70. The maximum absolute atomic E-state index is 13.2. The first-order chi connectivity index (χ1) is 12.5. The molecule has 0 saturated heterocycles. The molecule has 0 aliphatic carbocycles. The molecule has 3 aromatic carbocycles. The lowest BCUT2D eigenvalue weighted by atomic mass is 9.96. The second-order valence-electron chi connectivity index (χ2n) is 6.06. The number of aliphatic hydroxyl groups excluding tert-OH is 1. The number of hydrogen-bond acceptors (Lipinski definition) is 2. The molecule has 0 fully saturated rings. The topological polar surface area (TPSA) is 32.3 Å². The summed E-state index contributed by atoms with van der Waals surface area (Å²) in [4.78, 5) is 0. The van der Waals surface area contributed by atoms with Crippen molar-refractivity contribution in [2.24, 2.45) is 0 Å². The molecule has 0 saturated carbocycles. The number of rotatable bonds is 6. The Morgan fingerprint density at radius 3 is 1.85 bits per heavy atom. The first-order valence-corrected chi connectivity index (χ1v) is 9.01. The summed E-state index contributed by atoms with van der Waals surface area (Å²) in [5.74, 6) is -0.642. The standard InChI is InChI=1S/C21H18BrF2NO/c22-16-5-1-14(2-6-16)20(25-19-11-9-18(24)10-12-19)13-21(26)15-3-7-17(23)8-4-15/h1-12,20-21,25-26H,13H2. The number of nitrogens with one attached hydrogen (secondary N) is 1. The lowest BCUT2D eigenvalue weighted by Crippen LogP contribution is -2.15. The van der Waals surface area contributed by atoms with Crippen LogP contribution in [0.4, 0.5) is 14.5 Å². The van der Waals surface area contributed by atoms with E-state index in [9.17, 15) is 13.9 Å². The summed E-state index contributed by atoms with van der Waals surface area (Å²) in [7, 11) is 0. The molecule has 5 heteroatoms. The molecule has 3 aromatic rings. The van der Waals surface area contributed by atoms with Crippen LogP contribution in [-0.4, -0.2) is 5.11 Å². The van der Waals surface area contributed by atoms with E-state index in [0.717, 1.165) is 15.7 Å². The number of aliphatic hydroxyl groups is 1. The first kappa shape index (κ1) is 18.5. The molecule has 2 unspecified atom stereocenters. The van der Waals surface area contributed by atoms with Crippen molar-refractivity contribution in [3.63, 3.8) is 0 Å². The third kappa shape index (κ3) is 4.90. The van der Waals surface area contributed by atoms with E-state index in [0.29, 0.717) is 12.0 Å². The highest BCUT2D eigenvalue weighted by molar-refractivity contribution is 9.10. The molecule has 2 N–H and O–H groups in total. The Bertz CT molecular complexity index is 835. The summed E-state index contributed by atoms with van der Waals surface area (Å²) in [5, 5.41) is 13.9. The van der Waals surface area contributed by atoms with Crippen LogP contribution in [0.2, 0.25) is 0 Å². The van der Waals surface area contributed by atoms with Crippen LogP contribution in [0.25, 0.3) is 0 Å². The first-order valence-electron chi connectivity index (χ1n) is 8.22. The summed E-state index contributed by atoms with van der Waals surface area (Å²) in [5.41, 5.74) is 2.39. The van der Waals surface area contributed by atoms with E-state index in [1.165, 1.54) is 24.3 Å². The zero-order valence-electron chi connectivity index (χ0n) is 13.9. The van der Waals surface area contributed by atoms with Gasteiger partial charge in [0.2, 0.25) is 0 Å². The van der Waals surface area contributed by atoms with Crippen molar-refractivity contribution in [3.8, 4) is 0 Å². The highest BCUT2D eigenvalue weighted by Crippen LogP contribution is 2.30. The number of benzene rings is 3. The Morgan fingerprint density at radius 1 is 0.769 bits per heavy atom. The predicted molar refractivity (Wildman–Crippen MR) is 103 cm³/mol. The van der Waals surface area contributed by atoms with Crippen molar-refractivity contribution in [2.75, 3.05) is 5.32 Å². The largest absolute Gasteiger partial charge is 0.388 e. The van der Waals surface area contributed by atoms with E-state index in [2.05, 4.69) is 21.2 Å². The SMILES string of the molecule is OC(CC(Nc1ccc(F)cc1)c1ccc(Br)cc1)c1ccc(F)cc1. The molecule has 0 spiro atoms. The molecule has 0 heterocycles. The van der Waals surface area contributed by atoms with E-state index in [4.69, 9.17) is 0 Å². The molecule has 0 bridgehead atoms. The molecule has 0 aromatic heterocycles. The second kappa shape index (κ2) is 8.43. The fourth-order valence-electron chi connectivity index (χ4n) is 2.77. The van der Waals surface area contributed by atoms with Gasteiger partial charge in [-0.15, -0.1) is 0 Å². The van der Waals surface area contributed by atoms with Crippen LogP contribution in [0.5, 0.6) is 0 Å². The fraction of sp³-hybridized carbons (Fsp3) is 0.143. The van der Waals surface area contributed by atoms with Gasteiger partial charge in [0.15, 0.2) is 0 Å². The predicted octanol–water partition coefficient (Wildman–Crippen LogP) is 6.00. The van der Waals surface area contributed by atoms with E-state index < -0.39 is 6.10 Å². The Kier molecular flexibility index (Phi) is 6.01. The summed E-state index contributed by atoms with van der Waals surface area (Å²) < 4.78 is 27.2. The van der Waals surface area contributed by atoms with Crippen LogP contribution in [0.1, 0.15) is 29.7 Å². The van der Waals surface area contributed by atoms with Crippen molar-refractivity contribution < 1.29 is 13.9 Å². The van der Waals surface area contributed by atoms with Gasteiger partial charge in [-0.1, -0.05) is 40.2 Å². The average molecular weight is 418 g/mol. The van der Waals surface area contributed by atoms with Crippen molar-refractivity contribution in [1.82, 2.24) is 0 Å². The van der Waals surface area contributed by atoms with Gasteiger partial charge in [-0.25, -0.2) is 8.78 Å². The molecule has 26 heavy (non-hydrogen) atoms. The van der Waals surface area contributed by atoms with Gasteiger partial charge < -0.3 is 10.4 Å². The Hall–Kier alpha value is -2.24. The molecule has 2 atom stereocenters. The van der Waals surface area contributed by atoms with Crippen molar-refractivity contribution in [2.45, 2.75) is 18.6 Å². The molecule has 0 amide bonds. The molecular weight excluding hydrogens is 400 g/mol. The summed E-state index contributed by atoms with van der Waals surface area (Å²) in [6.07, 6.45) is -0.387. The molecule has 2 nitrogen and oxygen atoms in total. The zero-order chi connectivity index (χ0) is 18.5. The second-order valence-corrected chi connectivity index (χ2v) is 6.97.